The molecule has 172 valence electrons. The van der Waals surface area contributed by atoms with Crippen LogP contribution in [0.4, 0.5) is 4.39 Å². The quantitative estimate of drug-likeness (QED) is 0.443. The lowest BCUT2D eigenvalue weighted by Gasteiger charge is -2.31. The molecule has 0 bridgehead atoms. The molecule has 3 rings (SSSR count). The van der Waals surface area contributed by atoms with Crippen LogP contribution in [0.2, 0.25) is 0 Å². The lowest BCUT2D eigenvalue weighted by atomic mass is 10.0. The maximum Gasteiger partial charge on any atom is 0.242 e. The van der Waals surface area contributed by atoms with Gasteiger partial charge in [0.25, 0.3) is 0 Å². The predicted octanol–water partition coefficient (Wildman–Crippen LogP) is 4.37. The van der Waals surface area contributed by atoms with Gasteiger partial charge in [-0.05, 0) is 41.8 Å². The van der Waals surface area contributed by atoms with E-state index in [4.69, 9.17) is 4.74 Å². The third kappa shape index (κ3) is 7.45. The van der Waals surface area contributed by atoms with Crippen LogP contribution in [-0.4, -0.2) is 36.4 Å². The fraction of sp³-hybridized carbons (Fsp3) is 0.259. The number of amides is 2. The van der Waals surface area contributed by atoms with Crippen molar-refractivity contribution in [2.24, 2.45) is 0 Å². The molecule has 0 unspecified atom stereocenters. The first-order valence-electron chi connectivity index (χ1n) is 11.0. The molecule has 6 heteroatoms. The molecule has 0 heterocycles. The molecule has 0 saturated carbocycles. The minimum atomic E-state index is -0.690. The van der Waals surface area contributed by atoms with Crippen molar-refractivity contribution in [1.29, 1.82) is 0 Å². The molecule has 3 aromatic carbocycles. The monoisotopic (exact) mass is 448 g/mol. The Labute approximate surface area is 194 Å². The van der Waals surface area contributed by atoms with Gasteiger partial charge in [-0.2, -0.15) is 0 Å². The maximum atomic E-state index is 13.4. The molecule has 0 saturated heterocycles. The number of ether oxygens (including phenoxy) is 1. The number of benzene rings is 3. The zero-order valence-corrected chi connectivity index (χ0v) is 18.7. The number of carbonyl (C=O) groups is 2. The molecule has 33 heavy (non-hydrogen) atoms. The zero-order valence-electron chi connectivity index (χ0n) is 18.7. The number of nitrogens with one attached hydrogen (secondary N) is 1. The molecule has 0 aliphatic rings. The second-order valence-electron chi connectivity index (χ2n) is 7.73. The molecule has 3 aromatic rings. The molecule has 0 fully saturated rings. The molecule has 5 nitrogen and oxygen atoms in total. The number of nitrogens with zero attached hydrogens (tertiary/aromatic N) is 1. The number of hydrogen-bond donors (Lipinski definition) is 1. The molecule has 0 aliphatic carbocycles. The lowest BCUT2D eigenvalue weighted by Crippen LogP contribution is -2.49. The molecule has 2 amide bonds. The highest BCUT2D eigenvalue weighted by molar-refractivity contribution is 5.87. The summed E-state index contributed by atoms with van der Waals surface area (Å²) in [7, 11) is 1.56. The fourth-order valence-corrected chi connectivity index (χ4v) is 3.58. The zero-order chi connectivity index (χ0) is 23.5. The highest BCUT2D eigenvalue weighted by atomic mass is 19.1. The van der Waals surface area contributed by atoms with E-state index in [9.17, 15) is 14.0 Å². The second-order valence-corrected chi connectivity index (χ2v) is 7.73. The fourth-order valence-electron chi connectivity index (χ4n) is 3.58. The van der Waals surface area contributed by atoms with Crippen LogP contribution < -0.4 is 10.1 Å². The van der Waals surface area contributed by atoms with Gasteiger partial charge < -0.3 is 15.0 Å². The normalized spacial score (nSPS) is 11.5. The van der Waals surface area contributed by atoms with Gasteiger partial charge in [0.05, 0.1) is 6.61 Å². The van der Waals surface area contributed by atoms with Crippen LogP contribution in [0.3, 0.4) is 0 Å². The summed E-state index contributed by atoms with van der Waals surface area (Å²) in [6.45, 7) is 0.604. The molecular weight excluding hydrogens is 419 g/mol. The van der Waals surface area contributed by atoms with Crippen molar-refractivity contribution in [2.75, 3.05) is 13.7 Å². The van der Waals surface area contributed by atoms with Gasteiger partial charge >= 0.3 is 0 Å². The van der Waals surface area contributed by atoms with E-state index in [-0.39, 0.29) is 30.6 Å². The summed E-state index contributed by atoms with van der Waals surface area (Å²) >= 11 is 0. The first-order valence-corrected chi connectivity index (χ1v) is 11.0. The standard InChI is InChI=1S/C27H29FN2O3/c1-29-27(32)25(19-21-9-4-2-5-10-21)30(20-22-14-16-23(28)17-15-22)26(31)13-8-18-33-24-11-6-3-7-12-24/h2-7,9-12,14-17,25H,8,13,18-20H2,1H3,(H,29,32)/t25-/m1/s1. The topological polar surface area (TPSA) is 58.6 Å². The minimum Gasteiger partial charge on any atom is -0.494 e. The van der Waals surface area contributed by atoms with Crippen molar-refractivity contribution >= 4 is 11.8 Å². The van der Waals surface area contributed by atoms with E-state index >= 15 is 0 Å². The molecule has 1 N–H and O–H groups in total. The molecule has 0 aromatic heterocycles. The van der Waals surface area contributed by atoms with Crippen LogP contribution in [0, 0.1) is 5.82 Å². The molecule has 0 radical (unpaired) electrons. The van der Waals surface area contributed by atoms with E-state index in [1.807, 2.05) is 60.7 Å². The van der Waals surface area contributed by atoms with E-state index in [0.29, 0.717) is 19.4 Å². The summed E-state index contributed by atoms with van der Waals surface area (Å²) in [6, 6.07) is 24.3. The Morgan fingerprint density at radius 1 is 0.909 bits per heavy atom. The summed E-state index contributed by atoms with van der Waals surface area (Å²) in [5.41, 5.74) is 1.71. The van der Waals surface area contributed by atoms with Gasteiger partial charge in [0.2, 0.25) is 11.8 Å². The predicted molar refractivity (Wildman–Crippen MR) is 126 cm³/mol. The third-order valence-electron chi connectivity index (χ3n) is 5.33. The van der Waals surface area contributed by atoms with Gasteiger partial charge in [-0.1, -0.05) is 60.7 Å². The number of halogens is 1. The highest BCUT2D eigenvalue weighted by Gasteiger charge is 2.29. The minimum absolute atomic E-state index is 0.152. The SMILES string of the molecule is CNC(=O)[C@@H](Cc1ccccc1)N(Cc1ccc(F)cc1)C(=O)CCCOc1ccccc1. The van der Waals surface area contributed by atoms with E-state index in [1.54, 1.807) is 24.1 Å². The average Bonchev–Trinajstić information content (AvgIpc) is 2.86. The number of hydrogen-bond acceptors (Lipinski definition) is 3. The molecule has 1 atom stereocenters. The summed E-state index contributed by atoms with van der Waals surface area (Å²) < 4.78 is 19.1. The van der Waals surface area contributed by atoms with Crippen molar-refractivity contribution in [1.82, 2.24) is 10.2 Å². The average molecular weight is 449 g/mol. The number of rotatable bonds is 11. The Kier molecular flexibility index (Phi) is 9.00. The number of likely N-dealkylation sites (N-methyl/N-ethyl adjacent to an activating group) is 1. The summed E-state index contributed by atoms with van der Waals surface area (Å²) in [4.78, 5) is 27.7. The van der Waals surface area contributed by atoms with Crippen LogP contribution in [0.1, 0.15) is 24.0 Å². The summed E-state index contributed by atoms with van der Waals surface area (Å²) in [5.74, 6) is 0.0117. The smallest absolute Gasteiger partial charge is 0.242 e. The van der Waals surface area contributed by atoms with Crippen LogP contribution in [0.25, 0.3) is 0 Å². The Morgan fingerprint density at radius 2 is 1.55 bits per heavy atom. The maximum absolute atomic E-state index is 13.4. The first-order chi connectivity index (χ1) is 16.1. The number of para-hydroxylation sites is 1. The Balaban J connectivity index is 1.74. The van der Waals surface area contributed by atoms with Crippen LogP contribution in [-0.2, 0) is 22.6 Å². The van der Waals surface area contributed by atoms with E-state index in [0.717, 1.165) is 16.9 Å². The van der Waals surface area contributed by atoms with Crippen molar-refractivity contribution in [3.05, 3.63) is 102 Å². The van der Waals surface area contributed by atoms with Crippen molar-refractivity contribution in [3.63, 3.8) is 0 Å². The van der Waals surface area contributed by atoms with E-state index in [1.165, 1.54) is 12.1 Å². The first kappa shape index (κ1) is 24.0. The van der Waals surface area contributed by atoms with Crippen LogP contribution in [0.5, 0.6) is 5.75 Å². The molecular formula is C27H29FN2O3. The van der Waals surface area contributed by atoms with Crippen molar-refractivity contribution < 1.29 is 18.7 Å². The van der Waals surface area contributed by atoms with Gasteiger partial charge in [-0.15, -0.1) is 0 Å². The Hall–Kier alpha value is -3.67. The van der Waals surface area contributed by atoms with E-state index < -0.39 is 6.04 Å². The Morgan fingerprint density at radius 3 is 2.18 bits per heavy atom. The highest BCUT2D eigenvalue weighted by Crippen LogP contribution is 2.17. The van der Waals surface area contributed by atoms with Gasteiger partial charge in [0, 0.05) is 26.4 Å². The molecule has 0 spiro atoms. The number of carbonyl (C=O) groups excluding carboxylic acids is 2. The van der Waals surface area contributed by atoms with Crippen LogP contribution in [0.15, 0.2) is 84.9 Å². The molecule has 0 aliphatic heterocycles. The van der Waals surface area contributed by atoms with Crippen molar-refractivity contribution in [3.8, 4) is 5.75 Å². The van der Waals surface area contributed by atoms with Gasteiger partial charge in [0.15, 0.2) is 0 Å². The van der Waals surface area contributed by atoms with Crippen molar-refractivity contribution in [2.45, 2.75) is 31.8 Å². The van der Waals surface area contributed by atoms with Gasteiger partial charge in [0.1, 0.15) is 17.6 Å². The largest absolute Gasteiger partial charge is 0.494 e. The van der Waals surface area contributed by atoms with Gasteiger partial charge in [-0.3, -0.25) is 9.59 Å². The summed E-state index contributed by atoms with van der Waals surface area (Å²) in [5, 5.41) is 2.69. The summed E-state index contributed by atoms with van der Waals surface area (Å²) in [6.07, 6.45) is 1.13. The second kappa shape index (κ2) is 12.4. The third-order valence-corrected chi connectivity index (χ3v) is 5.33. The van der Waals surface area contributed by atoms with Gasteiger partial charge in [-0.25, -0.2) is 4.39 Å². The van der Waals surface area contributed by atoms with E-state index in [2.05, 4.69) is 5.32 Å². The Bertz CT molecular complexity index is 1010. The van der Waals surface area contributed by atoms with Crippen LogP contribution >= 0.6 is 0 Å². The lowest BCUT2D eigenvalue weighted by molar-refractivity contribution is -0.141.